The van der Waals surface area contributed by atoms with E-state index in [1.54, 1.807) is 0 Å². The number of hydrogen-bond donors (Lipinski definition) is 1. The SMILES string of the molecule is CC(C)CNCc1ccc(N2CCCC2)cc1Br. The highest BCUT2D eigenvalue weighted by atomic mass is 79.9. The molecule has 0 spiro atoms. The van der Waals surface area contributed by atoms with Crippen molar-refractivity contribution in [1.29, 1.82) is 0 Å². The van der Waals surface area contributed by atoms with Crippen LogP contribution in [0.5, 0.6) is 0 Å². The molecule has 0 amide bonds. The van der Waals surface area contributed by atoms with Gasteiger partial charge in [-0.05, 0) is 43.0 Å². The summed E-state index contributed by atoms with van der Waals surface area (Å²) in [7, 11) is 0. The quantitative estimate of drug-likeness (QED) is 0.890. The van der Waals surface area contributed by atoms with E-state index in [1.165, 1.54) is 41.7 Å². The lowest BCUT2D eigenvalue weighted by Gasteiger charge is -2.19. The van der Waals surface area contributed by atoms with E-state index >= 15 is 0 Å². The van der Waals surface area contributed by atoms with Crippen molar-refractivity contribution < 1.29 is 0 Å². The Kier molecular flexibility index (Phi) is 5.07. The molecule has 1 aliphatic rings. The van der Waals surface area contributed by atoms with Gasteiger partial charge < -0.3 is 10.2 Å². The second-order valence-electron chi connectivity index (χ2n) is 5.49. The molecule has 0 atom stereocenters. The first-order valence-electron chi connectivity index (χ1n) is 6.91. The van der Waals surface area contributed by atoms with E-state index in [0.717, 1.165) is 13.1 Å². The molecule has 0 saturated carbocycles. The van der Waals surface area contributed by atoms with Gasteiger partial charge in [0.25, 0.3) is 0 Å². The number of benzene rings is 1. The average molecular weight is 311 g/mol. The van der Waals surface area contributed by atoms with Gasteiger partial charge in [-0.25, -0.2) is 0 Å². The topological polar surface area (TPSA) is 15.3 Å². The second-order valence-corrected chi connectivity index (χ2v) is 6.35. The van der Waals surface area contributed by atoms with Gasteiger partial charge in [-0.15, -0.1) is 0 Å². The lowest BCUT2D eigenvalue weighted by Crippen LogP contribution is -2.20. The van der Waals surface area contributed by atoms with E-state index in [9.17, 15) is 0 Å². The zero-order valence-electron chi connectivity index (χ0n) is 11.4. The van der Waals surface area contributed by atoms with E-state index in [-0.39, 0.29) is 0 Å². The molecule has 3 heteroatoms. The molecule has 2 rings (SSSR count). The molecule has 1 aromatic carbocycles. The predicted molar refractivity (Wildman–Crippen MR) is 82.1 cm³/mol. The third kappa shape index (κ3) is 3.72. The summed E-state index contributed by atoms with van der Waals surface area (Å²) in [5.41, 5.74) is 2.70. The Hall–Kier alpha value is -0.540. The number of nitrogens with one attached hydrogen (secondary N) is 1. The summed E-state index contributed by atoms with van der Waals surface area (Å²) in [5, 5.41) is 3.49. The molecule has 1 saturated heterocycles. The predicted octanol–water partition coefficient (Wildman–Crippen LogP) is 3.79. The Morgan fingerprint density at radius 3 is 2.61 bits per heavy atom. The maximum absolute atomic E-state index is 3.69. The van der Waals surface area contributed by atoms with Crippen molar-refractivity contribution in [3.05, 3.63) is 28.2 Å². The fraction of sp³-hybridized carbons (Fsp3) is 0.600. The monoisotopic (exact) mass is 310 g/mol. The van der Waals surface area contributed by atoms with E-state index in [4.69, 9.17) is 0 Å². The zero-order chi connectivity index (χ0) is 13.0. The minimum absolute atomic E-state index is 0.702. The van der Waals surface area contributed by atoms with Crippen LogP contribution in [-0.2, 0) is 6.54 Å². The molecule has 0 bridgehead atoms. The summed E-state index contributed by atoms with van der Waals surface area (Å²) >= 11 is 3.69. The van der Waals surface area contributed by atoms with Crippen LogP contribution in [0.2, 0.25) is 0 Å². The van der Waals surface area contributed by atoms with Crippen molar-refractivity contribution >= 4 is 21.6 Å². The zero-order valence-corrected chi connectivity index (χ0v) is 13.0. The van der Waals surface area contributed by atoms with Crippen LogP contribution in [0, 0.1) is 5.92 Å². The van der Waals surface area contributed by atoms with Crippen LogP contribution in [0.4, 0.5) is 5.69 Å². The molecule has 100 valence electrons. The Morgan fingerprint density at radius 1 is 1.28 bits per heavy atom. The summed E-state index contributed by atoms with van der Waals surface area (Å²) < 4.78 is 1.23. The molecule has 0 aromatic heterocycles. The molecule has 1 N–H and O–H groups in total. The third-order valence-corrected chi connectivity index (χ3v) is 4.11. The highest BCUT2D eigenvalue weighted by Crippen LogP contribution is 2.26. The maximum Gasteiger partial charge on any atom is 0.0377 e. The highest BCUT2D eigenvalue weighted by molar-refractivity contribution is 9.10. The smallest absolute Gasteiger partial charge is 0.0377 e. The highest BCUT2D eigenvalue weighted by Gasteiger charge is 2.13. The molecule has 1 aliphatic heterocycles. The molecular weight excluding hydrogens is 288 g/mol. The maximum atomic E-state index is 3.69. The van der Waals surface area contributed by atoms with Crippen molar-refractivity contribution in [2.24, 2.45) is 5.92 Å². The minimum Gasteiger partial charge on any atom is -0.372 e. The molecule has 1 aromatic rings. The molecule has 18 heavy (non-hydrogen) atoms. The molecular formula is C15H23BrN2. The van der Waals surface area contributed by atoms with Gasteiger partial charge in [-0.3, -0.25) is 0 Å². The number of anilines is 1. The fourth-order valence-electron chi connectivity index (χ4n) is 2.35. The Bertz CT molecular complexity index is 384. The van der Waals surface area contributed by atoms with Gasteiger partial charge in [0.15, 0.2) is 0 Å². The van der Waals surface area contributed by atoms with E-state index in [1.807, 2.05) is 0 Å². The van der Waals surface area contributed by atoms with E-state index < -0.39 is 0 Å². The molecule has 2 nitrogen and oxygen atoms in total. The first kappa shape index (κ1) is 13.9. The lowest BCUT2D eigenvalue weighted by atomic mass is 10.1. The fourth-order valence-corrected chi connectivity index (χ4v) is 2.85. The first-order chi connectivity index (χ1) is 8.66. The molecule has 1 fully saturated rings. The number of rotatable bonds is 5. The molecule has 1 heterocycles. The van der Waals surface area contributed by atoms with Gasteiger partial charge in [-0.2, -0.15) is 0 Å². The van der Waals surface area contributed by atoms with Crippen LogP contribution < -0.4 is 10.2 Å². The van der Waals surface area contributed by atoms with Crippen LogP contribution in [0.25, 0.3) is 0 Å². The van der Waals surface area contributed by atoms with E-state index in [2.05, 4.69) is 58.2 Å². The van der Waals surface area contributed by atoms with Crippen LogP contribution in [0.1, 0.15) is 32.3 Å². The van der Waals surface area contributed by atoms with Crippen molar-refractivity contribution in [2.45, 2.75) is 33.2 Å². The van der Waals surface area contributed by atoms with Gasteiger partial charge in [0.2, 0.25) is 0 Å². The largest absolute Gasteiger partial charge is 0.372 e. The Balaban J connectivity index is 1.96. The number of halogens is 1. The van der Waals surface area contributed by atoms with Gasteiger partial charge in [0, 0.05) is 29.8 Å². The normalized spacial score (nSPS) is 15.7. The second kappa shape index (κ2) is 6.58. The summed E-state index contributed by atoms with van der Waals surface area (Å²) in [6.45, 7) is 8.89. The summed E-state index contributed by atoms with van der Waals surface area (Å²) in [4.78, 5) is 2.47. The minimum atomic E-state index is 0.702. The summed E-state index contributed by atoms with van der Waals surface area (Å²) in [6.07, 6.45) is 2.66. The lowest BCUT2D eigenvalue weighted by molar-refractivity contribution is 0.552. The van der Waals surface area contributed by atoms with Crippen molar-refractivity contribution in [3.8, 4) is 0 Å². The molecule has 0 radical (unpaired) electrons. The van der Waals surface area contributed by atoms with Crippen molar-refractivity contribution in [2.75, 3.05) is 24.5 Å². The van der Waals surface area contributed by atoms with E-state index in [0.29, 0.717) is 5.92 Å². The number of hydrogen-bond acceptors (Lipinski definition) is 2. The van der Waals surface area contributed by atoms with Crippen LogP contribution in [0.3, 0.4) is 0 Å². The molecule has 0 unspecified atom stereocenters. The molecule has 0 aliphatic carbocycles. The van der Waals surface area contributed by atoms with Gasteiger partial charge in [0.05, 0.1) is 0 Å². The Morgan fingerprint density at radius 2 is 2.00 bits per heavy atom. The standard InChI is InChI=1S/C15H23BrN2/c1-12(2)10-17-11-13-5-6-14(9-15(13)16)18-7-3-4-8-18/h5-6,9,12,17H,3-4,7-8,10-11H2,1-2H3. The van der Waals surface area contributed by atoms with Crippen molar-refractivity contribution in [3.63, 3.8) is 0 Å². The van der Waals surface area contributed by atoms with Crippen LogP contribution in [0.15, 0.2) is 22.7 Å². The third-order valence-electron chi connectivity index (χ3n) is 3.38. The number of nitrogens with zero attached hydrogens (tertiary/aromatic N) is 1. The summed E-state index contributed by atoms with van der Waals surface area (Å²) in [6, 6.07) is 6.76. The van der Waals surface area contributed by atoms with Gasteiger partial charge in [-0.1, -0.05) is 35.8 Å². The van der Waals surface area contributed by atoms with Crippen molar-refractivity contribution in [1.82, 2.24) is 5.32 Å². The summed E-state index contributed by atoms with van der Waals surface area (Å²) in [5.74, 6) is 0.702. The Labute approximate surface area is 119 Å². The average Bonchev–Trinajstić information content (AvgIpc) is 2.84. The van der Waals surface area contributed by atoms with Gasteiger partial charge in [0.1, 0.15) is 0 Å². The van der Waals surface area contributed by atoms with Crippen LogP contribution >= 0.6 is 15.9 Å². The van der Waals surface area contributed by atoms with Crippen LogP contribution in [-0.4, -0.2) is 19.6 Å². The first-order valence-corrected chi connectivity index (χ1v) is 7.70. The van der Waals surface area contributed by atoms with Gasteiger partial charge >= 0.3 is 0 Å².